The van der Waals surface area contributed by atoms with Gasteiger partial charge in [0.25, 0.3) is 0 Å². The molecule has 0 fully saturated rings. The Bertz CT molecular complexity index is 652. The van der Waals surface area contributed by atoms with Crippen LogP contribution < -0.4 is 0 Å². The van der Waals surface area contributed by atoms with Crippen molar-refractivity contribution < 1.29 is 24.2 Å². The summed E-state index contributed by atoms with van der Waals surface area (Å²) >= 11 is 0. The first-order valence-electron chi connectivity index (χ1n) is 6.75. The van der Waals surface area contributed by atoms with Crippen LogP contribution in [0.15, 0.2) is 54.6 Å². The molecule has 114 valence electrons. The maximum atomic E-state index is 13.0. The molecular weight excluding hydrogens is 287 g/mol. The van der Waals surface area contributed by atoms with Gasteiger partial charge in [0.1, 0.15) is 5.82 Å². The molecule has 0 aliphatic rings. The van der Waals surface area contributed by atoms with Gasteiger partial charge in [-0.15, -0.1) is 0 Å². The van der Waals surface area contributed by atoms with Crippen molar-refractivity contribution in [2.24, 2.45) is 0 Å². The maximum Gasteiger partial charge on any atom is 0.311 e. The van der Waals surface area contributed by atoms with Crippen LogP contribution in [0.3, 0.4) is 0 Å². The number of hydrogen-bond donors (Lipinski definition) is 2. The standard InChI is InChI=1S/C17H15FO4/c18-13-8-6-12(7-9-13)15(17(21)22)10-14(16(19)20)11-4-2-1-3-5-11/h1-9,14-15H,10H2,(H,19,20)(H,21,22). The van der Waals surface area contributed by atoms with E-state index in [4.69, 9.17) is 0 Å². The smallest absolute Gasteiger partial charge is 0.311 e. The summed E-state index contributed by atoms with van der Waals surface area (Å²) in [5, 5.41) is 18.8. The third kappa shape index (κ3) is 3.69. The summed E-state index contributed by atoms with van der Waals surface area (Å²) in [6, 6.07) is 13.6. The Morgan fingerprint density at radius 1 is 0.818 bits per heavy atom. The Labute approximate surface area is 126 Å². The van der Waals surface area contributed by atoms with E-state index in [1.165, 1.54) is 24.3 Å². The number of aliphatic carboxylic acids is 2. The van der Waals surface area contributed by atoms with Gasteiger partial charge in [-0.25, -0.2) is 4.39 Å². The van der Waals surface area contributed by atoms with E-state index in [0.717, 1.165) is 0 Å². The molecule has 0 spiro atoms. The van der Waals surface area contributed by atoms with Crippen LogP contribution in [0.4, 0.5) is 4.39 Å². The van der Waals surface area contributed by atoms with E-state index in [1.54, 1.807) is 30.3 Å². The lowest BCUT2D eigenvalue weighted by Crippen LogP contribution is -2.20. The summed E-state index contributed by atoms with van der Waals surface area (Å²) in [7, 11) is 0. The van der Waals surface area contributed by atoms with E-state index >= 15 is 0 Å². The molecule has 0 radical (unpaired) electrons. The van der Waals surface area contributed by atoms with Crippen molar-refractivity contribution in [3.8, 4) is 0 Å². The lowest BCUT2D eigenvalue weighted by atomic mass is 9.85. The monoisotopic (exact) mass is 302 g/mol. The average Bonchev–Trinajstić information content (AvgIpc) is 2.49. The average molecular weight is 302 g/mol. The Balaban J connectivity index is 2.31. The van der Waals surface area contributed by atoms with Crippen molar-refractivity contribution in [2.45, 2.75) is 18.3 Å². The number of halogens is 1. The quantitative estimate of drug-likeness (QED) is 0.859. The Morgan fingerprint density at radius 2 is 1.27 bits per heavy atom. The van der Waals surface area contributed by atoms with Crippen LogP contribution in [0, 0.1) is 5.82 Å². The summed E-state index contributed by atoms with van der Waals surface area (Å²) in [5.74, 6) is -4.63. The molecule has 2 atom stereocenters. The number of hydrogen-bond acceptors (Lipinski definition) is 2. The molecule has 4 nitrogen and oxygen atoms in total. The zero-order valence-corrected chi connectivity index (χ0v) is 11.6. The summed E-state index contributed by atoms with van der Waals surface area (Å²) in [4.78, 5) is 23.0. The minimum atomic E-state index is -1.13. The molecule has 0 saturated heterocycles. The third-order valence-electron chi connectivity index (χ3n) is 3.54. The highest BCUT2D eigenvalue weighted by molar-refractivity contribution is 5.80. The highest BCUT2D eigenvalue weighted by atomic mass is 19.1. The van der Waals surface area contributed by atoms with Crippen LogP contribution in [0.25, 0.3) is 0 Å². The lowest BCUT2D eigenvalue weighted by Gasteiger charge is -2.18. The predicted octanol–water partition coefficient (Wildman–Crippen LogP) is 3.25. The fraction of sp³-hybridized carbons (Fsp3) is 0.176. The molecule has 0 aliphatic heterocycles. The highest BCUT2D eigenvalue weighted by Crippen LogP contribution is 2.30. The van der Waals surface area contributed by atoms with Crippen LogP contribution in [0.5, 0.6) is 0 Å². The number of carbonyl (C=O) groups is 2. The van der Waals surface area contributed by atoms with Gasteiger partial charge in [-0.3, -0.25) is 9.59 Å². The van der Waals surface area contributed by atoms with Gasteiger partial charge in [0, 0.05) is 0 Å². The number of carboxylic acid groups (broad SMARTS) is 2. The molecule has 0 aliphatic carbocycles. The molecular formula is C17H15FO4. The minimum absolute atomic E-state index is 0.0969. The van der Waals surface area contributed by atoms with Crippen LogP contribution >= 0.6 is 0 Å². The summed E-state index contributed by atoms with van der Waals surface area (Å²) in [6.07, 6.45) is -0.0969. The van der Waals surface area contributed by atoms with E-state index in [0.29, 0.717) is 11.1 Å². The van der Waals surface area contributed by atoms with Crippen molar-refractivity contribution in [1.29, 1.82) is 0 Å². The van der Waals surface area contributed by atoms with Crippen molar-refractivity contribution in [3.05, 3.63) is 71.5 Å². The maximum absolute atomic E-state index is 13.0. The molecule has 2 rings (SSSR count). The number of carboxylic acids is 2. The zero-order valence-electron chi connectivity index (χ0n) is 11.6. The highest BCUT2D eigenvalue weighted by Gasteiger charge is 2.29. The third-order valence-corrected chi connectivity index (χ3v) is 3.54. The second kappa shape index (κ2) is 6.85. The zero-order chi connectivity index (χ0) is 16.1. The van der Waals surface area contributed by atoms with Crippen molar-refractivity contribution >= 4 is 11.9 Å². The molecule has 2 aromatic carbocycles. The Hall–Kier alpha value is -2.69. The van der Waals surface area contributed by atoms with E-state index in [9.17, 15) is 24.2 Å². The molecule has 0 bridgehead atoms. The topological polar surface area (TPSA) is 74.6 Å². The van der Waals surface area contributed by atoms with Gasteiger partial charge in [0.05, 0.1) is 11.8 Å². The molecule has 2 N–H and O–H groups in total. The second-order valence-corrected chi connectivity index (χ2v) is 4.98. The molecule has 2 unspecified atom stereocenters. The number of rotatable bonds is 6. The van der Waals surface area contributed by atoms with Gasteiger partial charge < -0.3 is 10.2 Å². The van der Waals surface area contributed by atoms with Crippen LogP contribution in [-0.2, 0) is 9.59 Å². The van der Waals surface area contributed by atoms with Crippen LogP contribution in [-0.4, -0.2) is 22.2 Å². The fourth-order valence-electron chi connectivity index (χ4n) is 2.38. The van der Waals surface area contributed by atoms with Crippen LogP contribution in [0.1, 0.15) is 29.4 Å². The second-order valence-electron chi connectivity index (χ2n) is 4.98. The van der Waals surface area contributed by atoms with E-state index in [-0.39, 0.29) is 6.42 Å². The van der Waals surface area contributed by atoms with Gasteiger partial charge in [0.2, 0.25) is 0 Å². The van der Waals surface area contributed by atoms with Crippen molar-refractivity contribution in [3.63, 3.8) is 0 Å². The van der Waals surface area contributed by atoms with Crippen molar-refractivity contribution in [1.82, 2.24) is 0 Å². The Morgan fingerprint density at radius 3 is 1.73 bits per heavy atom. The molecule has 22 heavy (non-hydrogen) atoms. The summed E-state index contributed by atoms with van der Waals surface area (Å²) in [6.45, 7) is 0. The summed E-state index contributed by atoms with van der Waals surface area (Å²) in [5.41, 5.74) is 0.930. The Kier molecular flexibility index (Phi) is 4.88. The largest absolute Gasteiger partial charge is 0.481 e. The molecule has 0 aromatic heterocycles. The van der Waals surface area contributed by atoms with Gasteiger partial charge in [0.15, 0.2) is 0 Å². The summed E-state index contributed by atoms with van der Waals surface area (Å²) < 4.78 is 13.0. The van der Waals surface area contributed by atoms with Gasteiger partial charge in [-0.05, 0) is 29.7 Å². The first-order chi connectivity index (χ1) is 10.5. The molecule has 5 heteroatoms. The molecule has 0 amide bonds. The molecule has 0 heterocycles. The van der Waals surface area contributed by atoms with Crippen molar-refractivity contribution in [2.75, 3.05) is 0 Å². The first kappa shape index (κ1) is 15.7. The van der Waals surface area contributed by atoms with Crippen LogP contribution in [0.2, 0.25) is 0 Å². The molecule has 2 aromatic rings. The van der Waals surface area contributed by atoms with E-state index in [2.05, 4.69) is 0 Å². The first-order valence-corrected chi connectivity index (χ1v) is 6.75. The predicted molar refractivity (Wildman–Crippen MR) is 78.2 cm³/mol. The minimum Gasteiger partial charge on any atom is -0.481 e. The van der Waals surface area contributed by atoms with Gasteiger partial charge >= 0.3 is 11.9 Å². The fourth-order valence-corrected chi connectivity index (χ4v) is 2.38. The van der Waals surface area contributed by atoms with Gasteiger partial charge in [-0.2, -0.15) is 0 Å². The lowest BCUT2D eigenvalue weighted by molar-refractivity contribution is -0.141. The van der Waals surface area contributed by atoms with Gasteiger partial charge in [-0.1, -0.05) is 42.5 Å². The van der Waals surface area contributed by atoms with E-state index < -0.39 is 29.6 Å². The number of benzene rings is 2. The SMILES string of the molecule is O=C(O)C(CC(C(=O)O)c1ccc(F)cc1)c1ccccc1. The molecule has 0 saturated carbocycles. The normalized spacial score (nSPS) is 13.3. The van der Waals surface area contributed by atoms with E-state index in [1.807, 2.05) is 0 Å².